The van der Waals surface area contributed by atoms with E-state index in [1.54, 1.807) is 19.2 Å². The molecule has 0 bridgehead atoms. The Bertz CT molecular complexity index is 827. The van der Waals surface area contributed by atoms with Crippen LogP contribution in [0.25, 0.3) is 0 Å². The first kappa shape index (κ1) is 20.3. The van der Waals surface area contributed by atoms with Crippen molar-refractivity contribution >= 4 is 11.9 Å². The number of esters is 2. The molecule has 0 saturated carbocycles. The van der Waals surface area contributed by atoms with Gasteiger partial charge >= 0.3 is 11.9 Å². The lowest BCUT2D eigenvalue weighted by atomic mass is 9.87. The lowest BCUT2D eigenvalue weighted by Crippen LogP contribution is -2.11. The number of rotatable bonds is 7. The lowest BCUT2D eigenvalue weighted by molar-refractivity contribution is -0.133. The van der Waals surface area contributed by atoms with Crippen molar-refractivity contribution in [3.8, 4) is 23.0 Å². The number of carbonyl (C=O) groups excluding carboxylic acids is 2. The second-order valence-corrected chi connectivity index (χ2v) is 5.93. The third-order valence-corrected chi connectivity index (χ3v) is 4.10. The highest BCUT2D eigenvalue weighted by Crippen LogP contribution is 2.43. The first-order valence-electron chi connectivity index (χ1n) is 8.62. The van der Waals surface area contributed by atoms with Gasteiger partial charge < -0.3 is 18.9 Å². The van der Waals surface area contributed by atoms with Gasteiger partial charge in [0.05, 0.1) is 14.2 Å². The number of carbonyl (C=O) groups is 2. The van der Waals surface area contributed by atoms with Gasteiger partial charge in [-0.3, -0.25) is 9.59 Å². The summed E-state index contributed by atoms with van der Waals surface area (Å²) in [5.74, 6) is 0.592. The first-order valence-corrected chi connectivity index (χ1v) is 8.62. The Hall–Kier alpha value is -3.02. The molecule has 2 aromatic carbocycles. The zero-order valence-corrected chi connectivity index (χ0v) is 16.2. The maximum Gasteiger partial charge on any atom is 0.308 e. The zero-order valence-electron chi connectivity index (χ0n) is 16.2. The van der Waals surface area contributed by atoms with Gasteiger partial charge in [0.15, 0.2) is 11.5 Å². The molecule has 6 nitrogen and oxygen atoms in total. The first-order chi connectivity index (χ1) is 12.9. The topological polar surface area (TPSA) is 71.1 Å². The molecule has 0 radical (unpaired) electrons. The Morgan fingerprint density at radius 2 is 1.41 bits per heavy atom. The molecule has 27 heavy (non-hydrogen) atoms. The van der Waals surface area contributed by atoms with E-state index in [0.29, 0.717) is 23.5 Å². The molecule has 0 aliphatic rings. The van der Waals surface area contributed by atoms with Crippen LogP contribution in [0.15, 0.2) is 36.4 Å². The van der Waals surface area contributed by atoms with Crippen LogP contribution in [0, 0.1) is 0 Å². The molecule has 0 saturated heterocycles. The normalized spacial score (nSPS) is 11.4. The summed E-state index contributed by atoms with van der Waals surface area (Å²) in [6.07, 6.45) is 0.709. The molecule has 0 unspecified atom stereocenters. The molecule has 0 aliphatic heterocycles. The van der Waals surface area contributed by atoms with Gasteiger partial charge in [-0.25, -0.2) is 0 Å². The summed E-state index contributed by atoms with van der Waals surface area (Å²) in [6.45, 7) is 4.67. The quantitative estimate of drug-likeness (QED) is 0.538. The van der Waals surface area contributed by atoms with E-state index in [9.17, 15) is 9.59 Å². The summed E-state index contributed by atoms with van der Waals surface area (Å²) in [4.78, 5) is 23.1. The molecule has 0 spiro atoms. The summed E-state index contributed by atoms with van der Waals surface area (Å²) in [6, 6.07) is 10.9. The number of benzene rings is 2. The van der Waals surface area contributed by atoms with Crippen molar-refractivity contribution in [1.29, 1.82) is 0 Å². The second-order valence-electron chi connectivity index (χ2n) is 5.93. The van der Waals surface area contributed by atoms with E-state index in [-0.39, 0.29) is 11.7 Å². The van der Waals surface area contributed by atoms with E-state index < -0.39 is 11.9 Å². The fourth-order valence-electron chi connectivity index (χ4n) is 3.03. The molecule has 0 heterocycles. The number of hydrogen-bond acceptors (Lipinski definition) is 6. The molecule has 0 aliphatic carbocycles. The molecule has 2 rings (SSSR count). The van der Waals surface area contributed by atoms with Gasteiger partial charge in [-0.2, -0.15) is 0 Å². The Morgan fingerprint density at radius 3 is 1.96 bits per heavy atom. The number of ether oxygens (including phenoxy) is 4. The van der Waals surface area contributed by atoms with E-state index in [1.165, 1.54) is 21.0 Å². The third kappa shape index (κ3) is 4.78. The van der Waals surface area contributed by atoms with Crippen molar-refractivity contribution in [1.82, 2.24) is 0 Å². The van der Waals surface area contributed by atoms with Gasteiger partial charge in [-0.1, -0.05) is 25.1 Å². The van der Waals surface area contributed by atoms with Gasteiger partial charge in [0.25, 0.3) is 0 Å². The smallest absolute Gasteiger partial charge is 0.308 e. The van der Waals surface area contributed by atoms with Crippen molar-refractivity contribution in [2.75, 3.05) is 14.2 Å². The fourth-order valence-corrected chi connectivity index (χ4v) is 3.03. The van der Waals surface area contributed by atoms with Gasteiger partial charge in [0, 0.05) is 37.0 Å². The summed E-state index contributed by atoms with van der Waals surface area (Å²) in [5.41, 5.74) is 1.64. The third-order valence-electron chi connectivity index (χ3n) is 4.10. The summed E-state index contributed by atoms with van der Waals surface area (Å²) in [7, 11) is 3.06. The SMILES string of the molecule is CC[C@H](c1ccccc1OC)c1cc(OC(C)=O)c(OC)cc1OC(C)=O. The molecule has 2 aromatic rings. The van der Waals surface area contributed by atoms with Crippen LogP contribution in [0.5, 0.6) is 23.0 Å². The van der Waals surface area contributed by atoms with Crippen molar-refractivity contribution in [3.05, 3.63) is 47.5 Å². The number of hydrogen-bond donors (Lipinski definition) is 0. The molecule has 0 N–H and O–H groups in total. The Kier molecular flexibility index (Phi) is 6.82. The largest absolute Gasteiger partial charge is 0.496 e. The maximum atomic E-state index is 11.6. The molecule has 6 heteroatoms. The van der Waals surface area contributed by atoms with E-state index in [4.69, 9.17) is 18.9 Å². The van der Waals surface area contributed by atoms with E-state index in [1.807, 2.05) is 31.2 Å². The minimum absolute atomic E-state index is 0.143. The highest BCUT2D eigenvalue weighted by molar-refractivity contribution is 5.73. The van der Waals surface area contributed by atoms with Crippen molar-refractivity contribution in [2.24, 2.45) is 0 Å². The summed E-state index contributed by atoms with van der Waals surface area (Å²) < 4.78 is 21.5. The molecule has 0 amide bonds. The van der Waals surface area contributed by atoms with Crippen LogP contribution in [0.3, 0.4) is 0 Å². The second kappa shape index (κ2) is 9.07. The van der Waals surface area contributed by atoms with Crippen LogP contribution in [0.4, 0.5) is 0 Å². The minimum Gasteiger partial charge on any atom is -0.496 e. The standard InChI is InChI=1S/C21H24O6/c1-6-15(16-9-7-8-10-18(16)24-4)17-11-21(27-14(3)23)20(25-5)12-19(17)26-13(2)22/h7-12,15H,6H2,1-5H3/t15-/m1/s1. The minimum atomic E-state index is -0.468. The van der Waals surface area contributed by atoms with Gasteiger partial charge in [-0.05, 0) is 18.6 Å². The fraction of sp³-hybridized carbons (Fsp3) is 0.333. The highest BCUT2D eigenvalue weighted by atomic mass is 16.6. The number of para-hydroxylation sites is 1. The average Bonchev–Trinajstić information content (AvgIpc) is 2.63. The van der Waals surface area contributed by atoms with Crippen LogP contribution in [0.2, 0.25) is 0 Å². The lowest BCUT2D eigenvalue weighted by Gasteiger charge is -2.22. The monoisotopic (exact) mass is 372 g/mol. The molecular weight excluding hydrogens is 348 g/mol. The Morgan fingerprint density at radius 1 is 0.815 bits per heavy atom. The van der Waals surface area contributed by atoms with Crippen LogP contribution in [-0.4, -0.2) is 26.2 Å². The predicted molar refractivity (Wildman–Crippen MR) is 101 cm³/mol. The molecule has 0 fully saturated rings. The molecular formula is C21H24O6. The van der Waals surface area contributed by atoms with Crippen LogP contribution in [-0.2, 0) is 9.59 Å². The predicted octanol–water partition coefficient (Wildman–Crippen LogP) is 4.10. The maximum absolute atomic E-state index is 11.6. The van der Waals surface area contributed by atoms with Gasteiger partial charge in [-0.15, -0.1) is 0 Å². The van der Waals surface area contributed by atoms with Crippen molar-refractivity contribution in [2.45, 2.75) is 33.1 Å². The van der Waals surface area contributed by atoms with E-state index in [2.05, 4.69) is 0 Å². The average molecular weight is 372 g/mol. The van der Waals surface area contributed by atoms with Crippen molar-refractivity contribution in [3.63, 3.8) is 0 Å². The van der Waals surface area contributed by atoms with E-state index in [0.717, 1.165) is 11.3 Å². The van der Waals surface area contributed by atoms with Crippen LogP contribution >= 0.6 is 0 Å². The van der Waals surface area contributed by atoms with E-state index >= 15 is 0 Å². The molecule has 0 aromatic heterocycles. The van der Waals surface area contributed by atoms with Crippen LogP contribution in [0.1, 0.15) is 44.2 Å². The van der Waals surface area contributed by atoms with Gasteiger partial charge in [0.1, 0.15) is 11.5 Å². The molecule has 1 atom stereocenters. The van der Waals surface area contributed by atoms with Crippen LogP contribution < -0.4 is 18.9 Å². The zero-order chi connectivity index (χ0) is 20.0. The van der Waals surface area contributed by atoms with Gasteiger partial charge in [0.2, 0.25) is 0 Å². The number of methoxy groups -OCH3 is 2. The molecule has 144 valence electrons. The van der Waals surface area contributed by atoms with Crippen molar-refractivity contribution < 1.29 is 28.5 Å². The summed E-state index contributed by atoms with van der Waals surface area (Å²) in [5, 5.41) is 0. The Labute approximate surface area is 159 Å². The highest BCUT2D eigenvalue weighted by Gasteiger charge is 2.24. The summed E-state index contributed by atoms with van der Waals surface area (Å²) >= 11 is 0. The Balaban J connectivity index is 2.68.